The van der Waals surface area contributed by atoms with E-state index < -0.39 is 75.8 Å². The Labute approximate surface area is 215 Å². The van der Waals surface area contributed by atoms with Crippen molar-refractivity contribution in [1.82, 2.24) is 0 Å². The van der Waals surface area contributed by atoms with E-state index in [1.807, 2.05) is 0 Å². The van der Waals surface area contributed by atoms with Crippen LogP contribution in [0.5, 0.6) is 0 Å². The zero-order valence-corrected chi connectivity index (χ0v) is 19.7. The van der Waals surface area contributed by atoms with Gasteiger partial charge < -0.3 is 0 Å². The summed E-state index contributed by atoms with van der Waals surface area (Å²) < 4.78 is 146. The first-order chi connectivity index (χ1) is 18.5. The summed E-state index contributed by atoms with van der Waals surface area (Å²) in [4.78, 5) is 0. The molecule has 0 heterocycles. The largest absolute Gasteiger partial charge is 0.257 e. The lowest BCUT2D eigenvalue weighted by Gasteiger charge is -2.24. The monoisotopic (exact) mass is 550 g/mol. The minimum Gasteiger partial charge on any atom is -0.204 e. The number of hydrogen-bond acceptors (Lipinski definition) is 0. The van der Waals surface area contributed by atoms with Crippen molar-refractivity contribution >= 4 is 23.1 Å². The van der Waals surface area contributed by atoms with E-state index in [0.29, 0.717) is 16.7 Å². The molecular formula is C28H13BF10. The molecule has 0 atom stereocenters. The molecule has 0 saturated carbocycles. The molecule has 1 aliphatic rings. The molecule has 5 rings (SSSR count). The highest BCUT2D eigenvalue weighted by Gasteiger charge is 2.44. The Morgan fingerprint density at radius 1 is 0.513 bits per heavy atom. The molecular weight excluding hydrogens is 537 g/mol. The molecule has 0 aliphatic heterocycles. The van der Waals surface area contributed by atoms with E-state index >= 15 is 17.6 Å². The fraction of sp³-hybridized carbons (Fsp3) is 0.0714. The van der Waals surface area contributed by atoms with Crippen molar-refractivity contribution in [2.75, 3.05) is 0 Å². The van der Waals surface area contributed by atoms with Crippen LogP contribution in [0.1, 0.15) is 18.1 Å². The number of allylic oxidation sites excluding steroid dienone is 1. The van der Waals surface area contributed by atoms with E-state index in [4.69, 9.17) is 0 Å². The third-order valence-electron chi connectivity index (χ3n) is 6.77. The molecule has 0 unspecified atom stereocenters. The van der Waals surface area contributed by atoms with Gasteiger partial charge in [-0.15, -0.1) is 0 Å². The molecule has 0 bridgehead atoms. The van der Waals surface area contributed by atoms with Crippen LogP contribution in [0.25, 0.3) is 16.6 Å². The van der Waals surface area contributed by atoms with Gasteiger partial charge >= 0.3 is 0 Å². The highest BCUT2D eigenvalue weighted by Crippen LogP contribution is 2.41. The quantitative estimate of drug-likeness (QED) is 0.112. The van der Waals surface area contributed by atoms with Crippen LogP contribution < -0.4 is 10.9 Å². The van der Waals surface area contributed by atoms with Gasteiger partial charge in [0.05, 0.1) is 0 Å². The molecule has 0 radical (unpaired) electrons. The second kappa shape index (κ2) is 9.62. The smallest absolute Gasteiger partial charge is 0.204 e. The van der Waals surface area contributed by atoms with E-state index in [1.54, 1.807) is 48.5 Å². The van der Waals surface area contributed by atoms with Crippen LogP contribution in [0.2, 0.25) is 0 Å². The Kier molecular flexibility index (Phi) is 6.56. The lowest BCUT2D eigenvalue weighted by atomic mass is 9.34. The van der Waals surface area contributed by atoms with Crippen molar-refractivity contribution in [3.8, 4) is 11.1 Å². The first kappa shape index (κ1) is 26.6. The Morgan fingerprint density at radius 2 is 0.949 bits per heavy atom. The molecule has 39 heavy (non-hydrogen) atoms. The zero-order chi connectivity index (χ0) is 28.3. The van der Waals surface area contributed by atoms with Crippen LogP contribution in [0.4, 0.5) is 43.9 Å². The second-order valence-electron chi connectivity index (χ2n) is 8.98. The molecule has 0 nitrogen and oxygen atoms in total. The van der Waals surface area contributed by atoms with Gasteiger partial charge in [-0.05, 0) is 35.6 Å². The van der Waals surface area contributed by atoms with E-state index in [-0.39, 0.29) is 23.0 Å². The second-order valence-corrected chi connectivity index (χ2v) is 8.98. The number of rotatable bonds is 4. The molecule has 198 valence electrons. The van der Waals surface area contributed by atoms with Crippen LogP contribution in [0.15, 0.2) is 54.1 Å². The maximum Gasteiger partial charge on any atom is 0.257 e. The molecule has 0 N–H and O–H groups in total. The maximum absolute atomic E-state index is 15.2. The maximum atomic E-state index is 15.2. The predicted octanol–water partition coefficient (Wildman–Crippen LogP) is 6.92. The Hall–Kier alpha value is -4.02. The summed E-state index contributed by atoms with van der Waals surface area (Å²) in [5, 5.41) is 0. The number of benzene rings is 4. The van der Waals surface area contributed by atoms with Crippen molar-refractivity contribution in [3.63, 3.8) is 0 Å². The Bertz CT molecular complexity index is 1570. The number of fused-ring (bicyclic) bond motifs is 1. The van der Waals surface area contributed by atoms with Crippen molar-refractivity contribution in [1.29, 1.82) is 0 Å². The van der Waals surface area contributed by atoms with E-state index in [1.165, 1.54) is 6.92 Å². The first-order valence-electron chi connectivity index (χ1n) is 11.4. The lowest BCUT2D eigenvalue weighted by molar-refractivity contribution is 0.382. The highest BCUT2D eigenvalue weighted by atomic mass is 19.2. The van der Waals surface area contributed by atoms with Crippen molar-refractivity contribution in [2.45, 2.75) is 13.3 Å². The minimum atomic E-state index is -2.61. The molecule has 0 spiro atoms. The highest BCUT2D eigenvalue weighted by molar-refractivity contribution is 7.00. The van der Waals surface area contributed by atoms with Crippen molar-refractivity contribution in [2.24, 2.45) is 0 Å². The summed E-state index contributed by atoms with van der Waals surface area (Å²) in [6.45, 7) is -1.24. The average Bonchev–Trinajstić information content (AvgIpc) is 3.28. The first-order valence-corrected chi connectivity index (χ1v) is 11.4. The Balaban J connectivity index is 1.95. The van der Waals surface area contributed by atoms with Crippen LogP contribution >= 0.6 is 0 Å². The predicted molar refractivity (Wildman–Crippen MR) is 126 cm³/mol. The third kappa shape index (κ3) is 3.94. The van der Waals surface area contributed by atoms with Gasteiger partial charge in [-0.1, -0.05) is 59.6 Å². The van der Waals surface area contributed by atoms with Crippen LogP contribution in [0, 0.1) is 58.2 Å². The molecule has 0 aromatic heterocycles. The summed E-state index contributed by atoms with van der Waals surface area (Å²) in [6, 6.07) is 13.0. The van der Waals surface area contributed by atoms with Gasteiger partial charge in [-0.3, -0.25) is 0 Å². The molecule has 11 heteroatoms. The fourth-order valence-electron chi connectivity index (χ4n) is 5.09. The van der Waals surface area contributed by atoms with Gasteiger partial charge in [-0.2, -0.15) is 0 Å². The summed E-state index contributed by atoms with van der Waals surface area (Å²) in [6.07, 6.45) is 0.00658. The van der Waals surface area contributed by atoms with Crippen molar-refractivity contribution < 1.29 is 43.9 Å². The summed E-state index contributed by atoms with van der Waals surface area (Å²) in [5.74, 6) is -24.7. The van der Waals surface area contributed by atoms with E-state index in [2.05, 4.69) is 0 Å². The number of hydrogen-bond donors (Lipinski definition) is 0. The van der Waals surface area contributed by atoms with Crippen LogP contribution in [-0.4, -0.2) is 6.71 Å². The molecule has 4 aromatic rings. The fourth-order valence-corrected chi connectivity index (χ4v) is 5.09. The summed E-state index contributed by atoms with van der Waals surface area (Å²) in [7, 11) is 0. The average molecular weight is 550 g/mol. The van der Waals surface area contributed by atoms with Gasteiger partial charge in [0.2, 0.25) is 0 Å². The molecule has 4 aromatic carbocycles. The molecule has 1 aliphatic carbocycles. The van der Waals surface area contributed by atoms with Gasteiger partial charge in [-0.25, -0.2) is 43.9 Å². The minimum absolute atomic E-state index is 0.00658. The van der Waals surface area contributed by atoms with Crippen LogP contribution in [-0.2, 0) is 6.42 Å². The van der Waals surface area contributed by atoms with Gasteiger partial charge in [0.15, 0.2) is 58.2 Å². The SMILES string of the molecule is CC1=C(B(c2c(F)c(F)c(F)c(F)c2F)c2c(F)c(F)c(F)c(F)c2F)c2c(cccc2-c2ccccc2)C1. The summed E-state index contributed by atoms with van der Waals surface area (Å²) in [5.41, 5.74) is -2.28. The topological polar surface area (TPSA) is 0 Å². The third-order valence-corrected chi connectivity index (χ3v) is 6.77. The molecule has 0 saturated heterocycles. The summed E-state index contributed by atoms with van der Waals surface area (Å²) >= 11 is 0. The Morgan fingerprint density at radius 3 is 1.41 bits per heavy atom. The van der Waals surface area contributed by atoms with E-state index in [9.17, 15) is 26.3 Å². The van der Waals surface area contributed by atoms with Crippen LogP contribution in [0.3, 0.4) is 0 Å². The van der Waals surface area contributed by atoms with Gasteiger partial charge in [0, 0.05) is 10.9 Å². The zero-order valence-electron chi connectivity index (χ0n) is 19.7. The molecule has 0 amide bonds. The van der Waals surface area contributed by atoms with Gasteiger partial charge in [0.1, 0.15) is 0 Å². The normalized spacial score (nSPS) is 12.8. The lowest BCUT2D eigenvalue weighted by Crippen LogP contribution is -2.52. The van der Waals surface area contributed by atoms with Crippen molar-refractivity contribution in [3.05, 3.63) is 123 Å². The van der Waals surface area contributed by atoms with E-state index in [0.717, 1.165) is 0 Å². The standard InChI is InChI=1S/C28H13BF10/c1-11-10-13-8-5-9-14(12-6-3-2-4-7-12)15(13)16(11)29(17-19(30)23(34)27(38)24(35)20(17)31)18-21(32)25(36)28(39)26(37)22(18)33/h2-9H,10H2,1H3. The molecule has 0 fully saturated rings. The van der Waals surface area contributed by atoms with Gasteiger partial charge in [0.25, 0.3) is 6.71 Å². The number of halogens is 10.